The molecule has 0 amide bonds. The second-order valence-electron chi connectivity index (χ2n) is 14.6. The number of nitrogens with zero attached hydrogens (tertiary/aromatic N) is 2. The molecule has 0 heterocycles. The van der Waals surface area contributed by atoms with E-state index < -0.39 is 0 Å². The Morgan fingerprint density at radius 3 is 0.898 bits per heavy atom. The summed E-state index contributed by atoms with van der Waals surface area (Å²) in [6.45, 7) is 13.8. The topological polar surface area (TPSA) is 24.7 Å². The van der Waals surface area contributed by atoms with Crippen LogP contribution in [0, 0.1) is 0 Å². The molecule has 2 aromatic rings. The van der Waals surface area contributed by atoms with Crippen LogP contribution in [0.1, 0.15) is 205 Å². The first kappa shape index (κ1) is 45.5. The van der Waals surface area contributed by atoms with Crippen molar-refractivity contribution in [2.75, 3.05) is 0 Å². The number of aryl methyl sites for hydroxylation is 4. The summed E-state index contributed by atoms with van der Waals surface area (Å²) in [4.78, 5) is 11.2. The molecule has 0 aromatic heterocycles. The second kappa shape index (κ2) is 30.1. The summed E-state index contributed by atoms with van der Waals surface area (Å²) in [7, 11) is 0. The van der Waals surface area contributed by atoms with Crippen LogP contribution >= 0.6 is 0 Å². The fraction of sp³-hybridized carbons (Fsp3) is 0.696. The molecule has 0 saturated heterocycles. The van der Waals surface area contributed by atoms with Crippen molar-refractivity contribution in [3.8, 4) is 0 Å². The quantitative estimate of drug-likeness (QED) is 0.0448. The van der Waals surface area contributed by atoms with Gasteiger partial charge in [0, 0.05) is 20.4 Å². The molecule has 2 nitrogen and oxygen atoms in total. The van der Waals surface area contributed by atoms with Crippen LogP contribution in [-0.2, 0) is 46.1 Å². The van der Waals surface area contributed by atoms with Gasteiger partial charge in [0.2, 0.25) is 0 Å². The molecule has 0 aliphatic heterocycles. The van der Waals surface area contributed by atoms with Crippen molar-refractivity contribution in [1.29, 1.82) is 0 Å². The van der Waals surface area contributed by atoms with E-state index in [-0.39, 0.29) is 20.4 Å². The molecular formula is C46H76N2Pd. The Hall–Kier alpha value is -1.56. The molecule has 3 heteroatoms. The zero-order valence-electron chi connectivity index (χ0n) is 33.1. The molecule has 0 bridgehead atoms. The van der Waals surface area contributed by atoms with E-state index in [0.717, 1.165) is 49.9 Å². The summed E-state index contributed by atoms with van der Waals surface area (Å²) in [5.41, 5.74) is 10.7. The maximum absolute atomic E-state index is 5.58. The van der Waals surface area contributed by atoms with Gasteiger partial charge in [0.25, 0.3) is 0 Å². The van der Waals surface area contributed by atoms with Crippen LogP contribution in [0.3, 0.4) is 0 Å². The second-order valence-corrected chi connectivity index (χ2v) is 14.6. The van der Waals surface area contributed by atoms with Crippen molar-refractivity contribution >= 4 is 22.8 Å². The Bertz CT molecular complexity index is 1020. The monoisotopic (exact) mass is 763 g/mol. The fourth-order valence-corrected chi connectivity index (χ4v) is 6.70. The van der Waals surface area contributed by atoms with Gasteiger partial charge in [0.15, 0.2) is 0 Å². The molecule has 0 aliphatic carbocycles. The third-order valence-corrected chi connectivity index (χ3v) is 9.75. The predicted octanol–water partition coefficient (Wildman–Crippen LogP) is 15.4. The van der Waals surface area contributed by atoms with E-state index in [0.29, 0.717) is 0 Å². The molecule has 280 valence electrons. The summed E-state index contributed by atoms with van der Waals surface area (Å²) >= 11 is 0. The normalized spacial score (nSPS) is 12.0. The van der Waals surface area contributed by atoms with Gasteiger partial charge in [-0.15, -0.1) is 0 Å². The standard InChI is InChI=1S/C46H76N2.Pd/c1-7-13-19-21-23-25-31-45(47-43-35-39(27-15-9-3)33-40(36-43)28-16-10-4)46(32-26-24-22-20-14-8-2)48-44-37-41(29-17-11-5)34-42(38-44)30-18-12-6;/h33-38H,7-32H2,1-6H3;. The van der Waals surface area contributed by atoms with Crippen molar-refractivity contribution < 1.29 is 20.4 Å². The van der Waals surface area contributed by atoms with E-state index in [9.17, 15) is 0 Å². The van der Waals surface area contributed by atoms with Crippen LogP contribution < -0.4 is 0 Å². The van der Waals surface area contributed by atoms with Crippen molar-refractivity contribution in [2.24, 2.45) is 9.98 Å². The van der Waals surface area contributed by atoms with Crippen LogP contribution in [0.4, 0.5) is 11.4 Å². The molecule has 0 N–H and O–H groups in total. The fourth-order valence-electron chi connectivity index (χ4n) is 6.70. The van der Waals surface area contributed by atoms with Gasteiger partial charge in [-0.2, -0.15) is 0 Å². The third-order valence-electron chi connectivity index (χ3n) is 9.75. The molecular weight excluding hydrogens is 687 g/mol. The largest absolute Gasteiger partial charge is 0.252 e. The molecule has 2 aromatic carbocycles. The van der Waals surface area contributed by atoms with E-state index >= 15 is 0 Å². The molecule has 0 saturated carbocycles. The molecule has 0 unspecified atom stereocenters. The number of hydrogen-bond acceptors (Lipinski definition) is 2. The number of benzene rings is 2. The average molecular weight is 764 g/mol. The van der Waals surface area contributed by atoms with E-state index in [4.69, 9.17) is 9.98 Å². The molecule has 0 aliphatic rings. The van der Waals surface area contributed by atoms with Gasteiger partial charge in [0.05, 0.1) is 22.8 Å². The first-order valence-electron chi connectivity index (χ1n) is 21.0. The Balaban J connectivity index is 0.0000120. The minimum absolute atomic E-state index is 0. The van der Waals surface area contributed by atoms with Gasteiger partial charge >= 0.3 is 0 Å². The van der Waals surface area contributed by atoms with E-state index in [1.165, 1.54) is 162 Å². The predicted molar refractivity (Wildman–Crippen MR) is 218 cm³/mol. The maximum Gasteiger partial charge on any atom is 0.0639 e. The smallest absolute Gasteiger partial charge is 0.0639 e. The Labute approximate surface area is 318 Å². The van der Waals surface area contributed by atoms with Crippen molar-refractivity contribution in [1.82, 2.24) is 0 Å². The van der Waals surface area contributed by atoms with Crippen molar-refractivity contribution in [2.45, 2.75) is 208 Å². The third kappa shape index (κ3) is 20.8. The first-order chi connectivity index (χ1) is 23.6. The Morgan fingerprint density at radius 2 is 0.612 bits per heavy atom. The molecule has 2 rings (SSSR count). The summed E-state index contributed by atoms with van der Waals surface area (Å²) in [6, 6.07) is 14.5. The average Bonchev–Trinajstić information content (AvgIpc) is 3.09. The molecule has 0 fully saturated rings. The molecule has 0 atom stereocenters. The van der Waals surface area contributed by atoms with Gasteiger partial charge in [-0.3, -0.25) is 9.98 Å². The van der Waals surface area contributed by atoms with Crippen LogP contribution in [-0.4, -0.2) is 11.4 Å². The van der Waals surface area contributed by atoms with E-state index in [2.05, 4.69) is 77.9 Å². The van der Waals surface area contributed by atoms with Crippen LogP contribution in [0.15, 0.2) is 46.4 Å². The first-order valence-corrected chi connectivity index (χ1v) is 21.0. The Kier molecular flexibility index (Phi) is 27.9. The van der Waals surface area contributed by atoms with E-state index in [1.54, 1.807) is 0 Å². The SMILES string of the molecule is CCCCCCCCC(=Nc1cc(CCCC)cc(CCCC)c1)C(CCCCCCCC)=Nc1cc(CCCC)cc(CCCC)c1.[Pd]. The van der Waals surface area contributed by atoms with Crippen LogP contribution in [0.25, 0.3) is 0 Å². The summed E-state index contributed by atoms with van der Waals surface area (Å²) < 4.78 is 0. The zero-order valence-corrected chi connectivity index (χ0v) is 34.6. The van der Waals surface area contributed by atoms with Gasteiger partial charge in [-0.05, 0) is 124 Å². The number of hydrogen-bond donors (Lipinski definition) is 0. The summed E-state index contributed by atoms with van der Waals surface area (Å²) in [5, 5.41) is 0. The maximum atomic E-state index is 5.58. The zero-order chi connectivity index (χ0) is 34.7. The van der Waals surface area contributed by atoms with Gasteiger partial charge < -0.3 is 0 Å². The summed E-state index contributed by atoms with van der Waals surface area (Å²) in [6.07, 6.45) is 32.2. The summed E-state index contributed by atoms with van der Waals surface area (Å²) in [5.74, 6) is 0. The van der Waals surface area contributed by atoms with Crippen molar-refractivity contribution in [3.63, 3.8) is 0 Å². The van der Waals surface area contributed by atoms with E-state index in [1.807, 2.05) is 0 Å². The molecule has 0 radical (unpaired) electrons. The minimum Gasteiger partial charge on any atom is -0.252 e. The molecule has 49 heavy (non-hydrogen) atoms. The molecule has 0 spiro atoms. The van der Waals surface area contributed by atoms with Crippen molar-refractivity contribution in [3.05, 3.63) is 58.7 Å². The van der Waals surface area contributed by atoms with Gasteiger partial charge in [0.1, 0.15) is 0 Å². The van der Waals surface area contributed by atoms with Gasteiger partial charge in [-0.25, -0.2) is 0 Å². The number of aliphatic imine (C=N–C) groups is 2. The van der Waals surface area contributed by atoms with Crippen LogP contribution in [0.2, 0.25) is 0 Å². The van der Waals surface area contributed by atoms with Gasteiger partial charge in [-0.1, -0.05) is 144 Å². The minimum atomic E-state index is 0. The number of unbranched alkanes of at least 4 members (excludes halogenated alkanes) is 14. The van der Waals surface area contributed by atoms with Crippen LogP contribution in [0.5, 0.6) is 0 Å². The Morgan fingerprint density at radius 1 is 0.347 bits per heavy atom. The number of rotatable bonds is 29.